The molecule has 25 heavy (non-hydrogen) atoms. The van der Waals surface area contributed by atoms with Gasteiger partial charge in [0.2, 0.25) is 0 Å². The van der Waals surface area contributed by atoms with E-state index in [0.717, 1.165) is 43.9 Å². The number of piperidine rings is 1. The maximum atomic E-state index is 9.04. The minimum Gasteiger partial charge on any atom is -0.356 e. The van der Waals surface area contributed by atoms with E-state index < -0.39 is 0 Å². The molecule has 0 amide bonds. The first-order valence-electron chi connectivity index (χ1n) is 8.92. The molecule has 130 valence electrons. The van der Waals surface area contributed by atoms with Crippen molar-refractivity contribution in [2.45, 2.75) is 31.3 Å². The third-order valence-electron chi connectivity index (χ3n) is 5.18. The maximum Gasteiger partial charge on any atom is 0.0641 e. The lowest BCUT2D eigenvalue weighted by Gasteiger charge is -2.40. The van der Waals surface area contributed by atoms with Crippen LogP contribution in [0.5, 0.6) is 0 Å². The third-order valence-corrected chi connectivity index (χ3v) is 5.18. The van der Waals surface area contributed by atoms with Crippen molar-refractivity contribution in [2.24, 2.45) is 0 Å². The van der Waals surface area contributed by atoms with Gasteiger partial charge in [-0.2, -0.15) is 5.26 Å². The summed E-state index contributed by atoms with van der Waals surface area (Å²) < 4.78 is 0. The van der Waals surface area contributed by atoms with Crippen molar-refractivity contribution in [2.75, 3.05) is 25.5 Å². The molecule has 0 saturated carbocycles. The molecule has 2 aromatic carbocycles. The molecule has 1 fully saturated rings. The fraction of sp³-hybridized carbons (Fsp3) is 0.381. The van der Waals surface area contributed by atoms with Gasteiger partial charge in [0.25, 0.3) is 0 Å². The van der Waals surface area contributed by atoms with Crippen LogP contribution in [0.4, 0.5) is 11.4 Å². The van der Waals surface area contributed by atoms with Crippen LogP contribution in [0.15, 0.2) is 54.6 Å². The molecule has 0 spiro atoms. The van der Waals surface area contributed by atoms with Crippen molar-refractivity contribution < 1.29 is 0 Å². The highest BCUT2D eigenvalue weighted by atomic mass is 15.1. The number of nitriles is 1. The van der Waals surface area contributed by atoms with Crippen LogP contribution in [0.2, 0.25) is 0 Å². The van der Waals surface area contributed by atoms with Crippen molar-refractivity contribution in [3.05, 3.63) is 60.2 Å². The Balaban J connectivity index is 1.53. The number of nitrogens with zero attached hydrogens (tertiary/aromatic N) is 2. The Hall–Kier alpha value is -2.35. The smallest absolute Gasteiger partial charge is 0.0641 e. The highest BCUT2D eigenvalue weighted by molar-refractivity contribution is 5.59. The van der Waals surface area contributed by atoms with E-state index in [0.29, 0.717) is 6.42 Å². The summed E-state index contributed by atoms with van der Waals surface area (Å²) in [7, 11) is 1.98. The summed E-state index contributed by atoms with van der Waals surface area (Å²) in [5, 5.41) is 15.8. The van der Waals surface area contributed by atoms with Gasteiger partial charge in [-0.05, 0) is 49.7 Å². The molecule has 0 aromatic heterocycles. The summed E-state index contributed by atoms with van der Waals surface area (Å²) in [4.78, 5) is 2.48. The highest BCUT2D eigenvalue weighted by Crippen LogP contribution is 2.26. The average Bonchev–Trinajstić information content (AvgIpc) is 2.66. The molecule has 1 heterocycles. The topological polar surface area (TPSA) is 51.1 Å². The van der Waals surface area contributed by atoms with Crippen LogP contribution in [0.3, 0.4) is 0 Å². The van der Waals surface area contributed by atoms with Gasteiger partial charge in [0.05, 0.1) is 12.5 Å². The summed E-state index contributed by atoms with van der Waals surface area (Å²) in [6.45, 7) is 3.04. The second-order valence-corrected chi connectivity index (χ2v) is 6.83. The first-order valence-corrected chi connectivity index (χ1v) is 8.92. The van der Waals surface area contributed by atoms with Gasteiger partial charge in [0, 0.05) is 36.5 Å². The van der Waals surface area contributed by atoms with Crippen molar-refractivity contribution in [3.8, 4) is 6.07 Å². The van der Waals surface area contributed by atoms with Crippen LogP contribution < -0.4 is 10.6 Å². The van der Waals surface area contributed by atoms with Gasteiger partial charge >= 0.3 is 0 Å². The van der Waals surface area contributed by atoms with Gasteiger partial charge in [0.1, 0.15) is 0 Å². The van der Waals surface area contributed by atoms with E-state index in [4.69, 9.17) is 5.26 Å². The first-order chi connectivity index (χ1) is 12.2. The highest BCUT2D eigenvalue weighted by Gasteiger charge is 2.32. The molecule has 0 aliphatic carbocycles. The minimum atomic E-state index is 0.00864. The number of para-hydroxylation sites is 1. The number of hydrogen-bond donors (Lipinski definition) is 2. The third kappa shape index (κ3) is 4.60. The zero-order chi connectivity index (χ0) is 17.5. The normalized spacial score (nSPS) is 17.0. The largest absolute Gasteiger partial charge is 0.356 e. The number of benzene rings is 2. The van der Waals surface area contributed by atoms with E-state index in [1.54, 1.807) is 0 Å². The van der Waals surface area contributed by atoms with Gasteiger partial charge in [0.15, 0.2) is 0 Å². The van der Waals surface area contributed by atoms with Crippen molar-refractivity contribution >= 4 is 11.4 Å². The quantitative estimate of drug-likeness (QED) is 0.841. The van der Waals surface area contributed by atoms with Gasteiger partial charge in [-0.15, -0.1) is 0 Å². The van der Waals surface area contributed by atoms with Gasteiger partial charge in [-0.1, -0.05) is 30.3 Å². The van der Waals surface area contributed by atoms with E-state index in [-0.39, 0.29) is 5.54 Å². The Morgan fingerprint density at radius 3 is 2.24 bits per heavy atom. The molecule has 0 radical (unpaired) electrons. The molecule has 0 bridgehead atoms. The molecule has 2 aromatic rings. The zero-order valence-corrected chi connectivity index (χ0v) is 14.8. The Bertz CT molecular complexity index is 695. The lowest BCUT2D eigenvalue weighted by Crippen LogP contribution is -2.51. The monoisotopic (exact) mass is 334 g/mol. The van der Waals surface area contributed by atoms with Crippen molar-refractivity contribution in [3.63, 3.8) is 0 Å². The van der Waals surface area contributed by atoms with Crippen LogP contribution in [-0.2, 0) is 6.54 Å². The molecule has 1 aliphatic rings. The predicted molar refractivity (Wildman–Crippen MR) is 103 cm³/mol. The molecule has 2 N–H and O–H groups in total. The molecule has 0 atom stereocenters. The SMILES string of the molecule is CNC1(CC#N)CCN(Cc2ccc(Nc3ccccc3)cc2)CC1. The number of nitrogens with one attached hydrogen (secondary N) is 2. The second kappa shape index (κ2) is 8.15. The Kier molecular flexibility index (Phi) is 5.70. The van der Waals surface area contributed by atoms with E-state index in [1.807, 2.05) is 25.2 Å². The lowest BCUT2D eigenvalue weighted by molar-refractivity contribution is 0.137. The first kappa shape index (κ1) is 17.5. The zero-order valence-electron chi connectivity index (χ0n) is 14.8. The van der Waals surface area contributed by atoms with E-state index in [9.17, 15) is 0 Å². The molecule has 4 heteroatoms. The molecule has 1 aliphatic heterocycles. The summed E-state index contributed by atoms with van der Waals surface area (Å²) in [5.74, 6) is 0. The molecular weight excluding hydrogens is 308 g/mol. The molecule has 3 rings (SSSR count). The Morgan fingerprint density at radius 2 is 1.64 bits per heavy atom. The lowest BCUT2D eigenvalue weighted by atomic mass is 9.85. The van der Waals surface area contributed by atoms with E-state index >= 15 is 0 Å². The fourth-order valence-corrected chi connectivity index (χ4v) is 3.45. The van der Waals surface area contributed by atoms with Crippen LogP contribution in [0.1, 0.15) is 24.8 Å². The summed E-state index contributed by atoms with van der Waals surface area (Å²) in [6, 6.07) is 21.2. The van der Waals surface area contributed by atoms with Gasteiger partial charge < -0.3 is 10.6 Å². The van der Waals surface area contributed by atoms with E-state index in [2.05, 4.69) is 58.0 Å². The van der Waals surface area contributed by atoms with Crippen LogP contribution in [0, 0.1) is 11.3 Å². The molecule has 0 unspecified atom stereocenters. The fourth-order valence-electron chi connectivity index (χ4n) is 3.45. The number of hydrogen-bond acceptors (Lipinski definition) is 4. The Morgan fingerprint density at radius 1 is 1.00 bits per heavy atom. The summed E-state index contributed by atoms with van der Waals surface area (Å²) in [5.41, 5.74) is 3.55. The van der Waals surface area contributed by atoms with Crippen LogP contribution in [-0.4, -0.2) is 30.6 Å². The predicted octanol–water partition coefficient (Wildman–Crippen LogP) is 3.90. The van der Waals surface area contributed by atoms with Crippen molar-refractivity contribution in [1.29, 1.82) is 5.26 Å². The van der Waals surface area contributed by atoms with Crippen molar-refractivity contribution in [1.82, 2.24) is 10.2 Å². The standard InChI is InChI=1S/C21H26N4/c1-23-21(11-14-22)12-15-25(16-13-21)17-18-7-9-20(10-8-18)24-19-5-3-2-4-6-19/h2-10,23-24H,11-13,15-17H2,1H3. The van der Waals surface area contributed by atoms with Crippen LogP contribution >= 0.6 is 0 Å². The second-order valence-electron chi connectivity index (χ2n) is 6.83. The summed E-state index contributed by atoms with van der Waals surface area (Å²) >= 11 is 0. The average molecular weight is 334 g/mol. The number of likely N-dealkylation sites (tertiary alicyclic amines) is 1. The maximum absolute atomic E-state index is 9.04. The molecule has 4 nitrogen and oxygen atoms in total. The van der Waals surface area contributed by atoms with Gasteiger partial charge in [-0.25, -0.2) is 0 Å². The van der Waals surface area contributed by atoms with E-state index in [1.165, 1.54) is 5.56 Å². The molecule has 1 saturated heterocycles. The van der Waals surface area contributed by atoms with Gasteiger partial charge in [-0.3, -0.25) is 4.90 Å². The number of anilines is 2. The molecular formula is C21H26N4. The van der Waals surface area contributed by atoms with Crippen LogP contribution in [0.25, 0.3) is 0 Å². The number of rotatable bonds is 6. The minimum absolute atomic E-state index is 0.00864. The summed E-state index contributed by atoms with van der Waals surface area (Å²) in [6.07, 6.45) is 2.66. The Labute approximate surface area is 150 Å².